The second-order valence-corrected chi connectivity index (χ2v) is 4.89. The summed E-state index contributed by atoms with van der Waals surface area (Å²) >= 11 is 0. The van der Waals surface area contributed by atoms with E-state index < -0.39 is 0 Å². The fraction of sp³-hybridized carbons (Fsp3) is 0.917. The van der Waals surface area contributed by atoms with Crippen LogP contribution in [0, 0.1) is 23.2 Å². The highest BCUT2D eigenvalue weighted by Crippen LogP contribution is 2.29. The fourth-order valence-electron chi connectivity index (χ4n) is 2.30. The molecule has 1 rings (SSSR count). The lowest BCUT2D eigenvalue weighted by atomic mass is 9.79. The molecular weight excluding hydrogens is 172 g/mol. The molecule has 0 amide bonds. The summed E-state index contributed by atoms with van der Waals surface area (Å²) in [5.41, 5.74) is 0. The highest BCUT2D eigenvalue weighted by atomic mass is 14.9. The summed E-state index contributed by atoms with van der Waals surface area (Å²) in [4.78, 5) is 0. The molecule has 4 unspecified atom stereocenters. The van der Waals surface area contributed by atoms with Gasteiger partial charge in [0.15, 0.2) is 0 Å². The average Bonchev–Trinajstić information content (AvgIpc) is 2.12. The first kappa shape index (κ1) is 11.5. The van der Waals surface area contributed by atoms with E-state index in [0.717, 1.165) is 11.8 Å². The first-order valence-electron chi connectivity index (χ1n) is 5.76. The van der Waals surface area contributed by atoms with Crippen molar-refractivity contribution < 1.29 is 0 Å². The number of nitriles is 1. The van der Waals surface area contributed by atoms with Crippen molar-refractivity contribution in [3.8, 4) is 6.07 Å². The van der Waals surface area contributed by atoms with Crippen molar-refractivity contribution in [1.82, 2.24) is 5.32 Å². The van der Waals surface area contributed by atoms with Gasteiger partial charge in [0.1, 0.15) is 0 Å². The Morgan fingerprint density at radius 2 is 2.07 bits per heavy atom. The standard InChI is InChI=1S/C12H22N2/c1-9-4-5-12(8-10(9)2)14-11(3)6-7-13/h9-12,14H,4-6,8H2,1-3H3. The van der Waals surface area contributed by atoms with E-state index >= 15 is 0 Å². The van der Waals surface area contributed by atoms with Crippen molar-refractivity contribution in [2.24, 2.45) is 11.8 Å². The van der Waals surface area contributed by atoms with Gasteiger partial charge >= 0.3 is 0 Å². The van der Waals surface area contributed by atoms with Gasteiger partial charge in [0.05, 0.1) is 12.5 Å². The van der Waals surface area contributed by atoms with Crippen molar-refractivity contribution in [2.45, 2.75) is 58.5 Å². The van der Waals surface area contributed by atoms with Gasteiger partial charge in [-0.15, -0.1) is 0 Å². The molecule has 1 fully saturated rings. The van der Waals surface area contributed by atoms with Crippen LogP contribution < -0.4 is 5.32 Å². The molecule has 1 saturated carbocycles. The Labute approximate surface area is 87.7 Å². The molecule has 0 aliphatic heterocycles. The quantitative estimate of drug-likeness (QED) is 0.750. The van der Waals surface area contributed by atoms with Crippen molar-refractivity contribution in [3.05, 3.63) is 0 Å². The van der Waals surface area contributed by atoms with Crippen LogP contribution in [0.3, 0.4) is 0 Å². The van der Waals surface area contributed by atoms with Crippen molar-refractivity contribution in [3.63, 3.8) is 0 Å². The van der Waals surface area contributed by atoms with Crippen molar-refractivity contribution in [2.75, 3.05) is 0 Å². The highest BCUT2D eigenvalue weighted by Gasteiger charge is 2.24. The predicted octanol–water partition coefficient (Wildman–Crippen LogP) is 2.70. The Balaban J connectivity index is 2.30. The van der Waals surface area contributed by atoms with E-state index in [4.69, 9.17) is 5.26 Å². The molecule has 80 valence electrons. The number of hydrogen-bond acceptors (Lipinski definition) is 2. The monoisotopic (exact) mass is 194 g/mol. The van der Waals surface area contributed by atoms with Crippen LogP contribution in [-0.2, 0) is 0 Å². The lowest BCUT2D eigenvalue weighted by Gasteiger charge is -2.34. The van der Waals surface area contributed by atoms with Gasteiger partial charge in [0, 0.05) is 12.1 Å². The summed E-state index contributed by atoms with van der Waals surface area (Å²) in [6, 6.07) is 3.21. The van der Waals surface area contributed by atoms with Crippen molar-refractivity contribution >= 4 is 0 Å². The van der Waals surface area contributed by atoms with Crippen molar-refractivity contribution in [1.29, 1.82) is 5.26 Å². The maximum atomic E-state index is 8.57. The molecule has 1 aliphatic carbocycles. The molecular formula is C12H22N2. The van der Waals surface area contributed by atoms with Gasteiger partial charge in [0.2, 0.25) is 0 Å². The van der Waals surface area contributed by atoms with Crippen LogP contribution in [0.2, 0.25) is 0 Å². The Bertz CT molecular complexity index is 207. The van der Waals surface area contributed by atoms with E-state index in [0.29, 0.717) is 18.5 Å². The number of nitrogens with zero attached hydrogens (tertiary/aromatic N) is 1. The van der Waals surface area contributed by atoms with E-state index in [1.807, 2.05) is 0 Å². The minimum Gasteiger partial charge on any atom is -0.310 e. The maximum Gasteiger partial charge on any atom is 0.0638 e. The second kappa shape index (κ2) is 5.36. The zero-order valence-electron chi connectivity index (χ0n) is 9.59. The Morgan fingerprint density at radius 1 is 1.36 bits per heavy atom. The molecule has 0 aromatic heterocycles. The molecule has 0 radical (unpaired) electrons. The third-order valence-electron chi connectivity index (χ3n) is 3.52. The molecule has 0 bridgehead atoms. The van der Waals surface area contributed by atoms with Crippen LogP contribution in [0.4, 0.5) is 0 Å². The van der Waals surface area contributed by atoms with Gasteiger partial charge in [-0.1, -0.05) is 13.8 Å². The molecule has 14 heavy (non-hydrogen) atoms. The molecule has 2 nitrogen and oxygen atoms in total. The van der Waals surface area contributed by atoms with E-state index in [1.54, 1.807) is 0 Å². The van der Waals surface area contributed by atoms with Gasteiger partial charge in [-0.2, -0.15) is 5.26 Å². The second-order valence-electron chi connectivity index (χ2n) is 4.89. The minimum atomic E-state index is 0.352. The summed E-state index contributed by atoms with van der Waals surface area (Å²) in [7, 11) is 0. The van der Waals surface area contributed by atoms with Gasteiger partial charge in [0.25, 0.3) is 0 Å². The SMILES string of the molecule is CC(CC#N)NC1CCC(C)C(C)C1. The normalized spacial score (nSPS) is 34.9. The fourth-order valence-corrected chi connectivity index (χ4v) is 2.30. The Morgan fingerprint density at radius 3 is 2.64 bits per heavy atom. The van der Waals surface area contributed by atoms with Crippen LogP contribution in [0.5, 0.6) is 0 Å². The van der Waals surface area contributed by atoms with E-state index in [2.05, 4.69) is 32.2 Å². The molecule has 0 heterocycles. The van der Waals surface area contributed by atoms with Crippen LogP contribution in [0.1, 0.15) is 46.5 Å². The molecule has 1 N–H and O–H groups in total. The molecule has 0 spiro atoms. The highest BCUT2D eigenvalue weighted by molar-refractivity contribution is 4.84. The number of nitrogens with one attached hydrogen (secondary N) is 1. The molecule has 0 saturated heterocycles. The van der Waals surface area contributed by atoms with E-state index in [9.17, 15) is 0 Å². The van der Waals surface area contributed by atoms with Gasteiger partial charge in [-0.3, -0.25) is 0 Å². The maximum absolute atomic E-state index is 8.57. The van der Waals surface area contributed by atoms with Gasteiger partial charge in [-0.05, 0) is 38.0 Å². The third kappa shape index (κ3) is 3.31. The third-order valence-corrected chi connectivity index (χ3v) is 3.52. The predicted molar refractivity (Wildman–Crippen MR) is 58.8 cm³/mol. The van der Waals surface area contributed by atoms with Gasteiger partial charge in [-0.25, -0.2) is 0 Å². The summed E-state index contributed by atoms with van der Waals surface area (Å²) in [6.45, 7) is 6.79. The van der Waals surface area contributed by atoms with Crippen LogP contribution >= 0.6 is 0 Å². The topological polar surface area (TPSA) is 35.8 Å². The van der Waals surface area contributed by atoms with E-state index in [1.165, 1.54) is 19.3 Å². The Hall–Kier alpha value is -0.550. The molecule has 2 heteroatoms. The smallest absolute Gasteiger partial charge is 0.0638 e. The largest absolute Gasteiger partial charge is 0.310 e. The first-order valence-corrected chi connectivity index (χ1v) is 5.76. The summed E-state index contributed by atoms with van der Waals surface area (Å²) in [5.74, 6) is 1.70. The van der Waals surface area contributed by atoms with Crippen LogP contribution in [-0.4, -0.2) is 12.1 Å². The minimum absolute atomic E-state index is 0.352. The lowest BCUT2D eigenvalue weighted by molar-refractivity contribution is 0.217. The lowest BCUT2D eigenvalue weighted by Crippen LogP contribution is -2.40. The van der Waals surface area contributed by atoms with E-state index in [-0.39, 0.29) is 0 Å². The van der Waals surface area contributed by atoms with Crippen LogP contribution in [0.25, 0.3) is 0 Å². The summed E-state index contributed by atoms with van der Waals surface area (Å²) in [5, 5.41) is 12.1. The first-order chi connectivity index (χ1) is 6.63. The zero-order chi connectivity index (χ0) is 10.6. The van der Waals surface area contributed by atoms with Crippen LogP contribution in [0.15, 0.2) is 0 Å². The summed E-state index contributed by atoms with van der Waals surface area (Å²) in [6.07, 6.45) is 4.51. The average molecular weight is 194 g/mol. The molecule has 0 aromatic rings. The Kier molecular flexibility index (Phi) is 4.41. The molecule has 0 aromatic carbocycles. The number of hydrogen-bond donors (Lipinski definition) is 1. The molecule has 1 aliphatic rings. The zero-order valence-corrected chi connectivity index (χ0v) is 9.59. The van der Waals surface area contributed by atoms with Gasteiger partial charge < -0.3 is 5.32 Å². The number of rotatable bonds is 3. The molecule has 4 atom stereocenters. The summed E-state index contributed by atoms with van der Waals surface area (Å²) < 4.78 is 0.